The van der Waals surface area contributed by atoms with Gasteiger partial charge in [-0.15, -0.1) is 0 Å². The van der Waals surface area contributed by atoms with Crippen LogP contribution in [0.1, 0.15) is 16.7 Å². The smallest absolute Gasteiger partial charge is 0.309 e. The number of para-hydroxylation sites is 1. The van der Waals surface area contributed by atoms with Crippen LogP contribution in [-0.4, -0.2) is 46.6 Å². The first-order chi connectivity index (χ1) is 20.7. The lowest BCUT2D eigenvalue weighted by molar-refractivity contribution is -0.139. The third kappa shape index (κ3) is 6.54. The number of hydrogen-bond donors (Lipinski definition) is 1. The van der Waals surface area contributed by atoms with E-state index >= 15 is 0 Å². The van der Waals surface area contributed by atoms with Crippen LogP contribution in [0, 0.1) is 12.7 Å². The summed E-state index contributed by atoms with van der Waals surface area (Å²) in [5.41, 5.74) is 4.30. The summed E-state index contributed by atoms with van der Waals surface area (Å²) in [4.78, 5) is 24.8. The molecule has 1 aliphatic heterocycles. The predicted molar refractivity (Wildman–Crippen MR) is 161 cm³/mol. The Labute approximate surface area is 250 Å². The molecule has 5 rings (SSSR count). The maximum Gasteiger partial charge on any atom is 0.309 e. The number of benzene rings is 4. The molecule has 0 radical (unpaired) electrons. The quantitative estimate of drug-likeness (QED) is 0.206. The monoisotopic (exact) mass is 602 g/mol. The highest BCUT2D eigenvalue weighted by Gasteiger charge is 2.42. The highest BCUT2D eigenvalue weighted by Crippen LogP contribution is 2.37. The van der Waals surface area contributed by atoms with Gasteiger partial charge in [-0.25, -0.2) is 12.8 Å². The van der Waals surface area contributed by atoms with Gasteiger partial charge in [-0.05, 0) is 77.2 Å². The van der Waals surface area contributed by atoms with E-state index in [1.54, 1.807) is 61.5 Å². The number of aryl methyl sites for hydroxylation is 1. The van der Waals surface area contributed by atoms with Crippen LogP contribution in [-0.2, 0) is 37.2 Å². The summed E-state index contributed by atoms with van der Waals surface area (Å²) in [5, 5.41) is 2.81. The van der Waals surface area contributed by atoms with Crippen molar-refractivity contribution in [3.8, 4) is 16.9 Å². The van der Waals surface area contributed by atoms with Crippen molar-refractivity contribution in [1.82, 2.24) is 5.32 Å². The average molecular weight is 603 g/mol. The number of rotatable bonds is 10. The number of esters is 1. The molecule has 8 nitrogen and oxygen atoms in total. The molecule has 43 heavy (non-hydrogen) atoms. The first-order valence-electron chi connectivity index (χ1n) is 13.7. The molecule has 222 valence electrons. The van der Waals surface area contributed by atoms with E-state index in [4.69, 9.17) is 4.74 Å². The molecule has 0 spiro atoms. The standard InChI is InChI=1S/C33H31FN2O6S/c1-22-19-26(34)11-16-29(22)24-9-14-28(15-10-24)43(39,40)36-30-6-4-3-5-25(30)21-31(36)33(38)35-17-18-42-27-12-7-23(8-13-27)20-32(37)41-2/h3-16,19,31H,17-18,20-21H2,1-2H3,(H,35,38)/t31-/m0/s1. The van der Waals surface area contributed by atoms with Gasteiger partial charge in [-0.2, -0.15) is 0 Å². The number of methoxy groups -OCH3 is 1. The van der Waals surface area contributed by atoms with E-state index in [1.807, 2.05) is 12.1 Å². The van der Waals surface area contributed by atoms with E-state index in [9.17, 15) is 22.4 Å². The van der Waals surface area contributed by atoms with Gasteiger partial charge in [-0.3, -0.25) is 13.9 Å². The minimum Gasteiger partial charge on any atom is -0.492 e. The second kappa shape index (κ2) is 12.7. The summed E-state index contributed by atoms with van der Waals surface area (Å²) in [6, 6.07) is 23.9. The Bertz CT molecular complexity index is 1740. The zero-order chi connectivity index (χ0) is 30.6. The van der Waals surface area contributed by atoms with Crippen LogP contribution in [0.25, 0.3) is 11.1 Å². The molecule has 0 saturated carbocycles. The largest absolute Gasteiger partial charge is 0.492 e. The van der Waals surface area contributed by atoms with E-state index in [0.717, 1.165) is 27.8 Å². The lowest BCUT2D eigenvalue weighted by Gasteiger charge is -2.26. The molecular weight excluding hydrogens is 571 g/mol. The lowest BCUT2D eigenvalue weighted by Crippen LogP contribution is -2.48. The van der Waals surface area contributed by atoms with Crippen molar-refractivity contribution in [1.29, 1.82) is 0 Å². The first kappa shape index (κ1) is 29.8. The van der Waals surface area contributed by atoms with Gasteiger partial charge >= 0.3 is 5.97 Å². The maximum atomic E-state index is 13.9. The topological polar surface area (TPSA) is 102 Å². The van der Waals surface area contributed by atoms with Gasteiger partial charge in [0.1, 0.15) is 24.2 Å². The highest BCUT2D eigenvalue weighted by molar-refractivity contribution is 7.93. The molecule has 4 aromatic rings. The first-order valence-corrected chi connectivity index (χ1v) is 15.2. The normalized spacial score (nSPS) is 14.2. The fourth-order valence-corrected chi connectivity index (χ4v) is 6.78. The lowest BCUT2D eigenvalue weighted by atomic mass is 10.0. The Morgan fingerprint density at radius 3 is 2.40 bits per heavy atom. The Balaban J connectivity index is 1.27. The van der Waals surface area contributed by atoms with Crippen molar-refractivity contribution in [2.75, 3.05) is 24.6 Å². The number of nitrogens with one attached hydrogen (secondary N) is 1. The van der Waals surface area contributed by atoms with Crippen molar-refractivity contribution < 1.29 is 31.9 Å². The third-order valence-electron chi connectivity index (χ3n) is 7.31. The Kier molecular flexibility index (Phi) is 8.77. The van der Waals surface area contributed by atoms with E-state index in [0.29, 0.717) is 11.4 Å². The van der Waals surface area contributed by atoms with Crippen molar-refractivity contribution in [2.24, 2.45) is 0 Å². The van der Waals surface area contributed by atoms with Crippen LogP contribution < -0.4 is 14.4 Å². The van der Waals surface area contributed by atoms with Crippen LogP contribution >= 0.6 is 0 Å². The van der Waals surface area contributed by atoms with E-state index in [1.165, 1.54) is 35.7 Å². The van der Waals surface area contributed by atoms with Crippen molar-refractivity contribution in [3.63, 3.8) is 0 Å². The number of anilines is 1. The van der Waals surface area contributed by atoms with Crippen LogP contribution in [0.4, 0.5) is 10.1 Å². The fraction of sp³-hybridized carbons (Fsp3) is 0.212. The summed E-state index contributed by atoms with van der Waals surface area (Å²) in [6.45, 7) is 2.12. The molecule has 0 aromatic heterocycles. The molecule has 0 bridgehead atoms. The molecule has 0 aliphatic carbocycles. The summed E-state index contributed by atoms with van der Waals surface area (Å²) in [5.74, 6) is -0.538. The Hall–Kier alpha value is -4.70. The van der Waals surface area contributed by atoms with Crippen molar-refractivity contribution in [2.45, 2.75) is 30.7 Å². The molecule has 10 heteroatoms. The number of fused-ring (bicyclic) bond motifs is 1. The molecule has 1 atom stereocenters. The SMILES string of the molecule is COC(=O)Cc1ccc(OCCNC(=O)[C@@H]2Cc3ccccc3N2S(=O)(=O)c2ccc(-c3ccc(F)cc3C)cc2)cc1. The second-order valence-corrected chi connectivity index (χ2v) is 12.0. The van der Waals surface area contributed by atoms with Gasteiger partial charge in [0, 0.05) is 6.42 Å². The molecule has 1 N–H and O–H groups in total. The Morgan fingerprint density at radius 1 is 0.977 bits per heavy atom. The predicted octanol–water partition coefficient (Wildman–Crippen LogP) is 4.83. The number of halogens is 1. The Morgan fingerprint density at radius 2 is 1.70 bits per heavy atom. The molecule has 0 unspecified atom stereocenters. The minimum absolute atomic E-state index is 0.0458. The van der Waals surface area contributed by atoms with Crippen LogP contribution in [0.15, 0.2) is 95.9 Å². The maximum absolute atomic E-state index is 13.9. The van der Waals surface area contributed by atoms with Crippen LogP contribution in [0.2, 0.25) is 0 Å². The number of nitrogens with zero attached hydrogens (tertiary/aromatic N) is 1. The molecule has 1 aliphatic rings. The van der Waals surface area contributed by atoms with Gasteiger partial charge in [-0.1, -0.05) is 48.5 Å². The molecule has 4 aromatic carbocycles. The third-order valence-corrected chi connectivity index (χ3v) is 9.15. The highest BCUT2D eigenvalue weighted by atomic mass is 32.2. The molecule has 1 amide bonds. The molecule has 0 saturated heterocycles. The number of carbonyl (C=O) groups is 2. The van der Waals surface area contributed by atoms with E-state index in [2.05, 4.69) is 10.1 Å². The van der Waals surface area contributed by atoms with Gasteiger partial charge in [0.15, 0.2) is 0 Å². The van der Waals surface area contributed by atoms with Crippen LogP contribution in [0.5, 0.6) is 5.75 Å². The summed E-state index contributed by atoms with van der Waals surface area (Å²) in [6.07, 6.45) is 0.394. The van der Waals surface area contributed by atoms with E-state index in [-0.39, 0.29) is 42.7 Å². The molecule has 0 fully saturated rings. The second-order valence-electron chi connectivity index (χ2n) is 10.2. The average Bonchev–Trinajstić information content (AvgIpc) is 3.41. The van der Waals surface area contributed by atoms with Gasteiger partial charge in [0.2, 0.25) is 5.91 Å². The number of carbonyl (C=O) groups excluding carboxylic acids is 2. The summed E-state index contributed by atoms with van der Waals surface area (Å²) >= 11 is 0. The number of amides is 1. The van der Waals surface area contributed by atoms with Crippen LogP contribution in [0.3, 0.4) is 0 Å². The molecule has 1 heterocycles. The zero-order valence-corrected chi connectivity index (χ0v) is 24.6. The van der Waals surface area contributed by atoms with Crippen molar-refractivity contribution >= 4 is 27.6 Å². The summed E-state index contributed by atoms with van der Waals surface area (Å²) in [7, 11) is -2.77. The fourth-order valence-electron chi connectivity index (χ4n) is 5.13. The summed E-state index contributed by atoms with van der Waals surface area (Å²) < 4.78 is 53.0. The van der Waals surface area contributed by atoms with Crippen molar-refractivity contribution in [3.05, 3.63) is 114 Å². The van der Waals surface area contributed by atoms with E-state index < -0.39 is 22.0 Å². The molecular formula is C33H31FN2O6S. The van der Waals surface area contributed by atoms with Gasteiger partial charge < -0.3 is 14.8 Å². The zero-order valence-electron chi connectivity index (χ0n) is 23.7. The number of ether oxygens (including phenoxy) is 2. The number of sulfonamides is 1. The van der Waals surface area contributed by atoms with Gasteiger partial charge in [0.05, 0.1) is 30.7 Å². The number of hydrogen-bond acceptors (Lipinski definition) is 6. The minimum atomic E-state index is -4.10. The van der Waals surface area contributed by atoms with Gasteiger partial charge in [0.25, 0.3) is 10.0 Å².